The highest BCUT2D eigenvalue weighted by Gasteiger charge is 2.13. The van der Waals surface area contributed by atoms with E-state index < -0.39 is 6.03 Å². The van der Waals surface area contributed by atoms with Crippen LogP contribution in [0.1, 0.15) is 0 Å². The molecule has 9 nitrogen and oxygen atoms in total. The Balaban J connectivity index is 1.63. The summed E-state index contributed by atoms with van der Waals surface area (Å²) >= 11 is 5.96. The summed E-state index contributed by atoms with van der Waals surface area (Å²) in [6, 6.07) is 11.7. The normalized spacial score (nSPS) is 10.5. The number of methoxy groups -OCH3 is 2. The minimum absolute atomic E-state index is 0.202. The molecule has 0 spiro atoms. The molecule has 1 aromatic heterocycles. The maximum Gasteiger partial charge on any atom is 0.345 e. The van der Waals surface area contributed by atoms with E-state index in [1.807, 2.05) is 12.1 Å². The van der Waals surface area contributed by atoms with E-state index >= 15 is 0 Å². The Labute approximate surface area is 178 Å². The largest absolute Gasteiger partial charge is 0.497 e. The average molecular weight is 432 g/mol. The van der Waals surface area contributed by atoms with Gasteiger partial charge in [-0.3, -0.25) is 4.57 Å². The zero-order valence-electron chi connectivity index (χ0n) is 16.8. The Morgan fingerprint density at radius 1 is 1.13 bits per heavy atom. The van der Waals surface area contributed by atoms with Crippen LogP contribution in [0.2, 0.25) is 5.02 Å². The van der Waals surface area contributed by atoms with Crippen molar-refractivity contribution in [2.75, 3.05) is 26.1 Å². The number of nitrogens with one attached hydrogen (secondary N) is 2. The van der Waals surface area contributed by atoms with Crippen molar-refractivity contribution in [3.63, 3.8) is 0 Å². The number of hydrogen-bond donors (Lipinski definition) is 2. The standard InChI is InChI=1S/C20H22ClN5O4/c1-25-18(13-4-7-15(29-2)8-5-13)24-26(20(25)28)11-10-22-19(27)23-16-12-14(21)6-9-17(16)30-3/h4-9,12H,10-11H2,1-3H3,(H2,22,23,27). The summed E-state index contributed by atoms with van der Waals surface area (Å²) in [6.45, 7) is 0.413. The average Bonchev–Trinajstić information content (AvgIpc) is 3.02. The first kappa shape index (κ1) is 21.3. The summed E-state index contributed by atoms with van der Waals surface area (Å²) in [4.78, 5) is 24.6. The fourth-order valence-corrected chi connectivity index (χ4v) is 3.02. The van der Waals surface area contributed by atoms with E-state index in [-0.39, 0.29) is 18.8 Å². The molecule has 10 heteroatoms. The minimum Gasteiger partial charge on any atom is -0.497 e. The molecule has 0 bridgehead atoms. The van der Waals surface area contributed by atoms with Crippen LogP contribution in [0.25, 0.3) is 11.4 Å². The van der Waals surface area contributed by atoms with Crippen LogP contribution < -0.4 is 25.8 Å². The molecule has 0 fully saturated rings. The molecule has 30 heavy (non-hydrogen) atoms. The number of rotatable bonds is 7. The molecule has 158 valence electrons. The molecule has 0 saturated heterocycles. The Hall–Kier alpha value is -3.46. The lowest BCUT2D eigenvalue weighted by Crippen LogP contribution is -2.34. The van der Waals surface area contributed by atoms with Crippen LogP contribution >= 0.6 is 11.6 Å². The van der Waals surface area contributed by atoms with Gasteiger partial charge in [0.2, 0.25) is 0 Å². The SMILES string of the molecule is COc1ccc(-c2nn(CCNC(=O)Nc3cc(Cl)ccc3OC)c(=O)n2C)cc1. The van der Waals surface area contributed by atoms with Crippen molar-refractivity contribution in [3.05, 3.63) is 58.0 Å². The predicted molar refractivity (Wildman–Crippen MR) is 114 cm³/mol. The van der Waals surface area contributed by atoms with Gasteiger partial charge < -0.3 is 20.1 Å². The molecule has 2 aromatic carbocycles. The number of urea groups is 1. The zero-order chi connectivity index (χ0) is 21.7. The summed E-state index contributed by atoms with van der Waals surface area (Å²) in [5.74, 6) is 1.73. The second-order valence-corrected chi connectivity index (χ2v) is 6.78. The third-order valence-corrected chi connectivity index (χ3v) is 4.64. The van der Waals surface area contributed by atoms with Crippen molar-refractivity contribution in [3.8, 4) is 22.9 Å². The molecular weight excluding hydrogens is 410 g/mol. The highest BCUT2D eigenvalue weighted by molar-refractivity contribution is 6.31. The van der Waals surface area contributed by atoms with Crippen LogP contribution in [0.5, 0.6) is 11.5 Å². The number of halogens is 1. The fourth-order valence-electron chi connectivity index (χ4n) is 2.84. The number of amides is 2. The smallest absolute Gasteiger partial charge is 0.345 e. The van der Waals surface area contributed by atoms with Gasteiger partial charge in [0.1, 0.15) is 11.5 Å². The molecule has 1 heterocycles. The van der Waals surface area contributed by atoms with Crippen molar-refractivity contribution in [1.82, 2.24) is 19.7 Å². The zero-order valence-corrected chi connectivity index (χ0v) is 17.6. The third kappa shape index (κ3) is 4.74. The van der Waals surface area contributed by atoms with Crippen LogP contribution in [-0.2, 0) is 13.6 Å². The van der Waals surface area contributed by atoms with Gasteiger partial charge >= 0.3 is 11.7 Å². The van der Waals surface area contributed by atoms with E-state index in [1.165, 1.54) is 16.4 Å². The quantitative estimate of drug-likeness (QED) is 0.599. The number of aromatic nitrogens is 3. The molecule has 0 atom stereocenters. The molecule has 2 N–H and O–H groups in total. The first-order valence-electron chi connectivity index (χ1n) is 9.09. The second kappa shape index (κ2) is 9.36. The summed E-state index contributed by atoms with van der Waals surface area (Å²) in [6.07, 6.45) is 0. The van der Waals surface area contributed by atoms with Crippen molar-refractivity contribution in [2.24, 2.45) is 7.05 Å². The molecule has 2 amide bonds. The van der Waals surface area contributed by atoms with Crippen LogP contribution in [-0.4, -0.2) is 41.1 Å². The lowest BCUT2D eigenvalue weighted by atomic mass is 10.2. The van der Waals surface area contributed by atoms with Crippen molar-refractivity contribution in [1.29, 1.82) is 0 Å². The van der Waals surface area contributed by atoms with Crippen LogP contribution in [0.3, 0.4) is 0 Å². The lowest BCUT2D eigenvalue weighted by Gasteiger charge is -2.11. The Kier molecular flexibility index (Phi) is 6.63. The van der Waals surface area contributed by atoms with Gasteiger partial charge in [0, 0.05) is 24.2 Å². The topological polar surface area (TPSA) is 99.4 Å². The molecule has 0 unspecified atom stereocenters. The van der Waals surface area contributed by atoms with Gasteiger partial charge in [-0.25, -0.2) is 14.3 Å². The molecular formula is C20H22ClN5O4. The lowest BCUT2D eigenvalue weighted by molar-refractivity contribution is 0.251. The Bertz CT molecular complexity index is 1090. The summed E-state index contributed by atoms with van der Waals surface area (Å²) in [5.41, 5.74) is 0.951. The van der Waals surface area contributed by atoms with E-state index in [9.17, 15) is 9.59 Å². The molecule has 0 aliphatic carbocycles. The number of anilines is 1. The van der Waals surface area contributed by atoms with Crippen LogP contribution in [0.4, 0.5) is 10.5 Å². The van der Waals surface area contributed by atoms with Crippen LogP contribution in [0, 0.1) is 0 Å². The predicted octanol–water partition coefficient (Wildman–Crippen LogP) is 2.74. The Morgan fingerprint density at radius 3 is 2.53 bits per heavy atom. The van der Waals surface area contributed by atoms with Gasteiger partial charge in [0.15, 0.2) is 5.82 Å². The van der Waals surface area contributed by atoms with Gasteiger partial charge in [-0.15, -0.1) is 5.10 Å². The van der Waals surface area contributed by atoms with E-state index in [0.29, 0.717) is 22.3 Å². The van der Waals surface area contributed by atoms with E-state index in [0.717, 1.165) is 11.3 Å². The molecule has 3 aromatic rings. The number of carbonyl (C=O) groups is 1. The van der Waals surface area contributed by atoms with Crippen molar-refractivity contribution >= 4 is 23.3 Å². The highest BCUT2D eigenvalue weighted by atomic mass is 35.5. The van der Waals surface area contributed by atoms with E-state index in [4.69, 9.17) is 21.1 Å². The van der Waals surface area contributed by atoms with Gasteiger partial charge in [-0.05, 0) is 42.5 Å². The van der Waals surface area contributed by atoms with Crippen LogP contribution in [0.15, 0.2) is 47.3 Å². The van der Waals surface area contributed by atoms with Gasteiger partial charge in [-0.1, -0.05) is 11.6 Å². The monoisotopic (exact) mass is 431 g/mol. The highest BCUT2D eigenvalue weighted by Crippen LogP contribution is 2.27. The number of benzene rings is 2. The first-order chi connectivity index (χ1) is 14.4. The molecule has 3 rings (SSSR count). The number of nitrogens with zero attached hydrogens (tertiary/aromatic N) is 3. The van der Waals surface area contributed by atoms with Crippen molar-refractivity contribution < 1.29 is 14.3 Å². The number of hydrogen-bond acceptors (Lipinski definition) is 5. The summed E-state index contributed by atoms with van der Waals surface area (Å²) < 4.78 is 13.1. The Morgan fingerprint density at radius 2 is 1.87 bits per heavy atom. The second-order valence-electron chi connectivity index (χ2n) is 6.34. The van der Waals surface area contributed by atoms with Gasteiger partial charge in [0.25, 0.3) is 0 Å². The van der Waals surface area contributed by atoms with Gasteiger partial charge in [0.05, 0.1) is 26.5 Å². The summed E-state index contributed by atoms with van der Waals surface area (Å²) in [7, 11) is 4.74. The first-order valence-corrected chi connectivity index (χ1v) is 9.47. The third-order valence-electron chi connectivity index (χ3n) is 4.41. The molecule has 0 aliphatic heterocycles. The maximum atomic E-state index is 12.5. The van der Waals surface area contributed by atoms with Gasteiger partial charge in [-0.2, -0.15) is 0 Å². The minimum atomic E-state index is -0.449. The number of ether oxygens (including phenoxy) is 2. The van der Waals surface area contributed by atoms with E-state index in [1.54, 1.807) is 44.5 Å². The fraction of sp³-hybridized carbons (Fsp3) is 0.250. The molecule has 0 saturated carbocycles. The number of carbonyl (C=O) groups excluding carboxylic acids is 1. The van der Waals surface area contributed by atoms with E-state index in [2.05, 4.69) is 15.7 Å². The molecule has 0 aliphatic rings. The molecule has 0 radical (unpaired) electrons. The summed E-state index contributed by atoms with van der Waals surface area (Å²) in [5, 5.41) is 10.2. The van der Waals surface area contributed by atoms with Crippen molar-refractivity contribution in [2.45, 2.75) is 6.54 Å². The maximum absolute atomic E-state index is 12.5.